The zero-order valence-corrected chi connectivity index (χ0v) is 11.4. The van der Waals surface area contributed by atoms with Gasteiger partial charge in [0.05, 0.1) is 0 Å². The molecule has 3 rings (SSSR count). The molecule has 0 spiro atoms. The van der Waals surface area contributed by atoms with Crippen LogP contribution in [0.2, 0.25) is 0 Å². The summed E-state index contributed by atoms with van der Waals surface area (Å²) in [6, 6.07) is 13.3. The second kappa shape index (κ2) is 4.69. The highest BCUT2D eigenvalue weighted by Gasteiger charge is 2.10. The third-order valence-corrected chi connectivity index (χ3v) is 4.00. The second-order valence-corrected chi connectivity index (χ2v) is 5.64. The minimum atomic E-state index is 1.15. The van der Waals surface area contributed by atoms with E-state index in [4.69, 9.17) is 0 Å². The van der Waals surface area contributed by atoms with Crippen molar-refractivity contribution in [2.45, 2.75) is 19.3 Å². The highest BCUT2D eigenvalue weighted by molar-refractivity contribution is 9.10. The van der Waals surface area contributed by atoms with Gasteiger partial charge in [-0.15, -0.1) is 0 Å². The molecule has 0 aliphatic carbocycles. The maximum atomic E-state index is 3.52. The van der Waals surface area contributed by atoms with Gasteiger partial charge >= 0.3 is 0 Å². The first-order chi connectivity index (χ1) is 8.33. The molecule has 1 aliphatic heterocycles. The van der Waals surface area contributed by atoms with E-state index in [9.17, 15) is 0 Å². The van der Waals surface area contributed by atoms with Crippen molar-refractivity contribution < 1.29 is 0 Å². The van der Waals surface area contributed by atoms with E-state index in [0.29, 0.717) is 0 Å². The summed E-state index contributed by atoms with van der Waals surface area (Å²) in [7, 11) is 0. The van der Waals surface area contributed by atoms with Gasteiger partial charge in [0.1, 0.15) is 0 Å². The Hall–Kier alpha value is -1.02. The fourth-order valence-corrected chi connectivity index (χ4v) is 2.93. The lowest BCUT2D eigenvalue weighted by molar-refractivity contribution is 0.578. The molecule has 1 saturated heterocycles. The van der Waals surface area contributed by atoms with E-state index in [1.807, 2.05) is 0 Å². The van der Waals surface area contributed by atoms with E-state index in [-0.39, 0.29) is 0 Å². The van der Waals surface area contributed by atoms with Crippen molar-refractivity contribution in [1.82, 2.24) is 0 Å². The van der Waals surface area contributed by atoms with Gasteiger partial charge in [0, 0.05) is 23.2 Å². The van der Waals surface area contributed by atoms with Crippen molar-refractivity contribution in [2.75, 3.05) is 18.0 Å². The molecule has 17 heavy (non-hydrogen) atoms. The van der Waals surface area contributed by atoms with Crippen LogP contribution in [-0.4, -0.2) is 13.1 Å². The minimum Gasteiger partial charge on any atom is -0.372 e. The van der Waals surface area contributed by atoms with Crippen LogP contribution in [0.15, 0.2) is 40.9 Å². The molecule has 88 valence electrons. The molecule has 2 aromatic rings. The van der Waals surface area contributed by atoms with Gasteiger partial charge in [0.2, 0.25) is 0 Å². The van der Waals surface area contributed by atoms with Crippen LogP contribution in [0.5, 0.6) is 0 Å². The van der Waals surface area contributed by atoms with E-state index in [0.717, 1.165) is 4.47 Å². The monoisotopic (exact) mass is 289 g/mol. The first kappa shape index (κ1) is 11.1. The van der Waals surface area contributed by atoms with Crippen LogP contribution in [-0.2, 0) is 0 Å². The van der Waals surface area contributed by atoms with Crippen LogP contribution >= 0.6 is 15.9 Å². The van der Waals surface area contributed by atoms with Crippen LogP contribution in [0.1, 0.15) is 19.3 Å². The number of benzene rings is 2. The molecule has 0 atom stereocenters. The normalized spacial score (nSPS) is 16.4. The lowest BCUT2D eigenvalue weighted by Crippen LogP contribution is -2.29. The number of anilines is 1. The van der Waals surface area contributed by atoms with Crippen LogP contribution in [0.25, 0.3) is 10.8 Å². The van der Waals surface area contributed by atoms with E-state index < -0.39 is 0 Å². The quantitative estimate of drug-likeness (QED) is 0.742. The van der Waals surface area contributed by atoms with Crippen LogP contribution in [0.3, 0.4) is 0 Å². The summed E-state index contributed by atoms with van der Waals surface area (Å²) in [5.41, 5.74) is 1.37. The van der Waals surface area contributed by atoms with Crippen molar-refractivity contribution in [1.29, 1.82) is 0 Å². The van der Waals surface area contributed by atoms with Gasteiger partial charge in [-0.05, 0) is 54.3 Å². The summed E-state index contributed by atoms with van der Waals surface area (Å²) in [5.74, 6) is 0. The molecule has 0 radical (unpaired) electrons. The van der Waals surface area contributed by atoms with E-state index in [2.05, 4.69) is 57.2 Å². The van der Waals surface area contributed by atoms with Gasteiger partial charge in [-0.25, -0.2) is 0 Å². The van der Waals surface area contributed by atoms with Crippen LogP contribution < -0.4 is 4.90 Å². The Morgan fingerprint density at radius 1 is 0.824 bits per heavy atom. The van der Waals surface area contributed by atoms with Gasteiger partial charge in [-0.3, -0.25) is 0 Å². The molecular weight excluding hydrogens is 274 g/mol. The molecule has 1 nitrogen and oxygen atoms in total. The third kappa shape index (κ3) is 2.32. The number of piperidine rings is 1. The predicted octanol–water partition coefficient (Wildman–Crippen LogP) is 4.59. The number of rotatable bonds is 1. The Balaban J connectivity index is 1.98. The molecule has 0 saturated carbocycles. The van der Waals surface area contributed by atoms with E-state index in [1.165, 1.54) is 48.8 Å². The van der Waals surface area contributed by atoms with Crippen molar-refractivity contribution >= 4 is 32.4 Å². The van der Waals surface area contributed by atoms with Crippen LogP contribution in [0.4, 0.5) is 5.69 Å². The second-order valence-electron chi connectivity index (χ2n) is 4.72. The summed E-state index contributed by atoms with van der Waals surface area (Å²) >= 11 is 3.52. The Morgan fingerprint density at radius 2 is 1.53 bits per heavy atom. The predicted molar refractivity (Wildman–Crippen MR) is 77.7 cm³/mol. The molecule has 0 amide bonds. The highest BCUT2D eigenvalue weighted by Crippen LogP contribution is 2.26. The largest absolute Gasteiger partial charge is 0.372 e. The molecule has 0 unspecified atom stereocenters. The van der Waals surface area contributed by atoms with Gasteiger partial charge < -0.3 is 4.90 Å². The number of hydrogen-bond acceptors (Lipinski definition) is 1. The summed E-state index contributed by atoms with van der Waals surface area (Å²) in [6.45, 7) is 2.42. The molecule has 0 N–H and O–H groups in total. The standard InChI is InChI=1S/C15H16BrN/c16-14-6-4-13-11-15(7-5-12(13)10-14)17-8-2-1-3-9-17/h4-7,10-11H,1-3,8-9H2. The summed E-state index contributed by atoms with van der Waals surface area (Å²) in [4.78, 5) is 2.50. The lowest BCUT2D eigenvalue weighted by Gasteiger charge is -2.29. The average molecular weight is 290 g/mol. The van der Waals surface area contributed by atoms with Gasteiger partial charge in [0.25, 0.3) is 0 Å². The minimum absolute atomic E-state index is 1.15. The van der Waals surface area contributed by atoms with Crippen molar-refractivity contribution in [3.8, 4) is 0 Å². The van der Waals surface area contributed by atoms with Crippen LogP contribution in [0, 0.1) is 0 Å². The van der Waals surface area contributed by atoms with E-state index >= 15 is 0 Å². The fourth-order valence-electron chi connectivity index (χ4n) is 2.55. The number of halogens is 1. The molecular formula is C15H16BrN. The molecule has 1 fully saturated rings. The Morgan fingerprint density at radius 3 is 2.35 bits per heavy atom. The Kier molecular flexibility index (Phi) is 3.06. The topological polar surface area (TPSA) is 3.24 Å². The highest BCUT2D eigenvalue weighted by atomic mass is 79.9. The van der Waals surface area contributed by atoms with Gasteiger partial charge in [-0.2, -0.15) is 0 Å². The maximum absolute atomic E-state index is 3.52. The number of hydrogen-bond donors (Lipinski definition) is 0. The third-order valence-electron chi connectivity index (χ3n) is 3.51. The molecule has 1 aliphatic rings. The maximum Gasteiger partial charge on any atom is 0.0372 e. The SMILES string of the molecule is Brc1ccc2cc(N3CCCCC3)ccc2c1. The Bertz CT molecular complexity index is 529. The zero-order valence-electron chi connectivity index (χ0n) is 9.82. The smallest absolute Gasteiger partial charge is 0.0372 e. The first-order valence-electron chi connectivity index (χ1n) is 6.27. The van der Waals surface area contributed by atoms with Crippen molar-refractivity contribution in [3.05, 3.63) is 40.9 Å². The first-order valence-corrected chi connectivity index (χ1v) is 7.06. The lowest BCUT2D eigenvalue weighted by atomic mass is 10.1. The summed E-state index contributed by atoms with van der Waals surface area (Å²) in [5, 5.41) is 2.64. The molecule has 2 aromatic carbocycles. The zero-order chi connectivity index (χ0) is 11.7. The number of nitrogens with zero attached hydrogens (tertiary/aromatic N) is 1. The molecule has 2 heteroatoms. The number of fused-ring (bicyclic) bond motifs is 1. The molecule has 0 bridgehead atoms. The van der Waals surface area contributed by atoms with Gasteiger partial charge in [0.15, 0.2) is 0 Å². The van der Waals surface area contributed by atoms with Gasteiger partial charge in [-0.1, -0.05) is 28.1 Å². The van der Waals surface area contributed by atoms with Crippen molar-refractivity contribution in [2.24, 2.45) is 0 Å². The molecule has 0 aromatic heterocycles. The fraction of sp³-hybridized carbons (Fsp3) is 0.333. The summed E-state index contributed by atoms with van der Waals surface area (Å²) < 4.78 is 1.15. The average Bonchev–Trinajstić information content (AvgIpc) is 2.39. The molecule has 1 heterocycles. The van der Waals surface area contributed by atoms with E-state index in [1.54, 1.807) is 0 Å². The Labute approximate surface area is 111 Å². The summed E-state index contributed by atoms with van der Waals surface area (Å²) in [6.07, 6.45) is 4.05. The van der Waals surface area contributed by atoms with Crippen molar-refractivity contribution in [3.63, 3.8) is 0 Å².